The van der Waals surface area contributed by atoms with Crippen LogP contribution in [-0.2, 0) is 4.74 Å². The molecule has 0 spiro atoms. The summed E-state index contributed by atoms with van der Waals surface area (Å²) in [6.45, 7) is 1.17. The number of fused-ring (bicyclic) bond motifs is 1. The van der Waals surface area contributed by atoms with Crippen molar-refractivity contribution in [1.82, 2.24) is 0 Å². The van der Waals surface area contributed by atoms with Crippen molar-refractivity contribution in [3.05, 3.63) is 69.1 Å². The lowest BCUT2D eigenvalue weighted by Crippen LogP contribution is -2.15. The molecule has 4 rings (SSSR count). The second-order valence-electron chi connectivity index (χ2n) is 6.23. The predicted octanol–water partition coefficient (Wildman–Crippen LogP) is 4.47. The SMILES string of the molecule is O=c1c(C2=CCC=C(Cl)C=C2)c(C2CCOC2)oc2cc(O)ccc12. The second-order valence-corrected chi connectivity index (χ2v) is 6.67. The molecule has 1 unspecified atom stereocenters. The fourth-order valence-corrected chi connectivity index (χ4v) is 3.44. The van der Waals surface area contributed by atoms with Gasteiger partial charge in [-0.25, -0.2) is 0 Å². The van der Waals surface area contributed by atoms with E-state index in [0.29, 0.717) is 47.0 Å². The standard InChI is InChI=1S/C20H17ClO4/c21-14-3-1-2-12(4-5-14)18-19(23)16-7-6-15(22)10-17(16)25-20(18)13-8-9-24-11-13/h2-7,10,13,22H,1,8-9,11H2. The van der Waals surface area contributed by atoms with Gasteiger partial charge in [0.1, 0.15) is 17.1 Å². The number of allylic oxidation sites excluding steroid dienone is 6. The summed E-state index contributed by atoms with van der Waals surface area (Å²) in [6, 6.07) is 4.58. The highest BCUT2D eigenvalue weighted by atomic mass is 35.5. The van der Waals surface area contributed by atoms with Crippen LogP contribution in [0.3, 0.4) is 0 Å². The molecule has 1 saturated heterocycles. The highest BCUT2D eigenvalue weighted by Crippen LogP contribution is 2.34. The maximum absolute atomic E-state index is 13.2. The van der Waals surface area contributed by atoms with E-state index in [-0.39, 0.29) is 17.1 Å². The Morgan fingerprint density at radius 1 is 1.20 bits per heavy atom. The first kappa shape index (κ1) is 16.2. The molecule has 2 aromatic rings. The van der Waals surface area contributed by atoms with Gasteiger partial charge in [0.2, 0.25) is 5.43 Å². The molecule has 1 aliphatic carbocycles. The normalized spacial score (nSPS) is 20.4. The number of phenols is 1. The molecule has 0 radical (unpaired) electrons. The van der Waals surface area contributed by atoms with Gasteiger partial charge in [0.05, 0.1) is 17.6 Å². The van der Waals surface area contributed by atoms with E-state index in [1.807, 2.05) is 18.2 Å². The number of hydrogen-bond acceptors (Lipinski definition) is 4. The fraction of sp³-hybridized carbons (Fsp3) is 0.250. The summed E-state index contributed by atoms with van der Waals surface area (Å²) >= 11 is 6.08. The van der Waals surface area contributed by atoms with Crippen LogP contribution in [-0.4, -0.2) is 18.3 Å². The third-order valence-corrected chi connectivity index (χ3v) is 4.85. The van der Waals surface area contributed by atoms with Gasteiger partial charge in [-0.3, -0.25) is 4.79 Å². The molecule has 0 saturated carbocycles. The lowest BCUT2D eigenvalue weighted by molar-refractivity contribution is 0.191. The molecule has 2 aliphatic rings. The van der Waals surface area contributed by atoms with Crippen molar-refractivity contribution in [3.63, 3.8) is 0 Å². The Kier molecular flexibility index (Phi) is 4.24. The van der Waals surface area contributed by atoms with E-state index in [2.05, 4.69) is 0 Å². The molecule has 1 N–H and O–H groups in total. The first-order valence-corrected chi connectivity index (χ1v) is 8.63. The zero-order valence-corrected chi connectivity index (χ0v) is 14.3. The number of ether oxygens (including phenoxy) is 1. The molecule has 25 heavy (non-hydrogen) atoms. The summed E-state index contributed by atoms with van der Waals surface area (Å²) < 4.78 is 11.6. The summed E-state index contributed by atoms with van der Waals surface area (Å²) in [5.74, 6) is 0.714. The molecule has 1 aromatic carbocycles. The van der Waals surface area contributed by atoms with Crippen LogP contribution >= 0.6 is 11.6 Å². The summed E-state index contributed by atoms with van der Waals surface area (Å²) in [7, 11) is 0. The van der Waals surface area contributed by atoms with Crippen LogP contribution in [0.25, 0.3) is 16.5 Å². The van der Waals surface area contributed by atoms with Crippen molar-refractivity contribution in [2.24, 2.45) is 0 Å². The van der Waals surface area contributed by atoms with Crippen LogP contribution in [0.4, 0.5) is 0 Å². The van der Waals surface area contributed by atoms with Gasteiger partial charge in [-0.05, 0) is 36.6 Å². The summed E-state index contributed by atoms with van der Waals surface area (Å²) in [6.07, 6.45) is 8.96. The number of hydrogen-bond donors (Lipinski definition) is 1. The molecular weight excluding hydrogens is 340 g/mol. The van der Waals surface area contributed by atoms with Crippen LogP contribution in [0.15, 0.2) is 56.7 Å². The smallest absolute Gasteiger partial charge is 0.200 e. The van der Waals surface area contributed by atoms with Gasteiger partial charge in [-0.15, -0.1) is 0 Å². The van der Waals surface area contributed by atoms with E-state index in [1.165, 1.54) is 12.1 Å². The number of benzene rings is 1. The highest BCUT2D eigenvalue weighted by molar-refractivity contribution is 6.31. The monoisotopic (exact) mass is 356 g/mol. The van der Waals surface area contributed by atoms with Gasteiger partial charge in [0.15, 0.2) is 0 Å². The molecule has 128 valence electrons. The zero-order chi connectivity index (χ0) is 17.4. The van der Waals surface area contributed by atoms with E-state index in [0.717, 1.165) is 12.0 Å². The Balaban J connectivity index is 1.97. The number of aromatic hydroxyl groups is 1. The summed E-state index contributed by atoms with van der Waals surface area (Å²) in [5.41, 5.74) is 1.66. The first-order valence-electron chi connectivity index (χ1n) is 8.25. The average molecular weight is 357 g/mol. The van der Waals surface area contributed by atoms with Crippen molar-refractivity contribution in [2.75, 3.05) is 13.2 Å². The van der Waals surface area contributed by atoms with Crippen LogP contribution in [0.2, 0.25) is 0 Å². The first-order chi connectivity index (χ1) is 12.1. The highest BCUT2D eigenvalue weighted by Gasteiger charge is 2.27. The second kappa shape index (κ2) is 6.54. The molecular formula is C20H17ClO4. The van der Waals surface area contributed by atoms with Gasteiger partial charge in [0.25, 0.3) is 0 Å². The largest absolute Gasteiger partial charge is 0.508 e. The average Bonchev–Trinajstić information content (AvgIpc) is 3.04. The molecule has 0 amide bonds. The third kappa shape index (κ3) is 3.03. The Morgan fingerprint density at radius 2 is 2.08 bits per heavy atom. The molecule has 1 aromatic heterocycles. The Labute approximate surface area is 149 Å². The van der Waals surface area contributed by atoms with Gasteiger partial charge >= 0.3 is 0 Å². The van der Waals surface area contributed by atoms with Gasteiger partial charge < -0.3 is 14.3 Å². The lowest BCUT2D eigenvalue weighted by atomic mass is 9.94. The summed E-state index contributed by atoms with van der Waals surface area (Å²) in [4.78, 5) is 13.2. The molecule has 1 aliphatic heterocycles. The van der Waals surface area contributed by atoms with Crippen LogP contribution < -0.4 is 5.43 Å². The van der Waals surface area contributed by atoms with Crippen LogP contribution in [0, 0.1) is 0 Å². The third-order valence-electron chi connectivity index (χ3n) is 4.57. The molecule has 0 bridgehead atoms. The number of rotatable bonds is 2. The van der Waals surface area contributed by atoms with Crippen molar-refractivity contribution < 1.29 is 14.3 Å². The Morgan fingerprint density at radius 3 is 2.88 bits per heavy atom. The molecule has 2 heterocycles. The maximum Gasteiger partial charge on any atom is 0.200 e. The quantitative estimate of drug-likeness (QED) is 0.862. The lowest BCUT2D eigenvalue weighted by Gasteiger charge is -2.15. The fourth-order valence-electron chi connectivity index (χ4n) is 3.29. The molecule has 1 atom stereocenters. The van der Waals surface area contributed by atoms with E-state index in [1.54, 1.807) is 12.1 Å². The number of halogens is 1. The minimum atomic E-state index is -0.0999. The van der Waals surface area contributed by atoms with Gasteiger partial charge in [0, 0.05) is 23.6 Å². The minimum Gasteiger partial charge on any atom is -0.508 e. The Bertz CT molecular complexity index is 975. The topological polar surface area (TPSA) is 59.7 Å². The summed E-state index contributed by atoms with van der Waals surface area (Å²) in [5, 5.41) is 10.8. The maximum atomic E-state index is 13.2. The predicted molar refractivity (Wildman–Crippen MR) is 98.0 cm³/mol. The van der Waals surface area contributed by atoms with Crippen molar-refractivity contribution in [2.45, 2.75) is 18.8 Å². The van der Waals surface area contributed by atoms with E-state index in [9.17, 15) is 9.90 Å². The molecule has 5 heteroatoms. The van der Waals surface area contributed by atoms with E-state index in [4.69, 9.17) is 20.8 Å². The Hall–Kier alpha value is -2.30. The minimum absolute atomic E-state index is 0.0235. The van der Waals surface area contributed by atoms with Gasteiger partial charge in [-0.2, -0.15) is 0 Å². The van der Waals surface area contributed by atoms with Crippen LogP contribution in [0.1, 0.15) is 30.1 Å². The molecule has 4 nitrogen and oxygen atoms in total. The van der Waals surface area contributed by atoms with E-state index < -0.39 is 0 Å². The van der Waals surface area contributed by atoms with E-state index >= 15 is 0 Å². The zero-order valence-electron chi connectivity index (χ0n) is 13.5. The van der Waals surface area contributed by atoms with Crippen molar-refractivity contribution >= 4 is 28.1 Å². The number of phenolic OH excluding ortho intramolecular Hbond substituents is 1. The van der Waals surface area contributed by atoms with Crippen LogP contribution in [0.5, 0.6) is 5.75 Å². The van der Waals surface area contributed by atoms with Crippen molar-refractivity contribution in [1.29, 1.82) is 0 Å². The molecule has 1 fully saturated rings. The van der Waals surface area contributed by atoms with Crippen molar-refractivity contribution in [3.8, 4) is 5.75 Å². The van der Waals surface area contributed by atoms with Gasteiger partial charge in [-0.1, -0.05) is 29.8 Å².